The molecule has 0 radical (unpaired) electrons. The van der Waals surface area contributed by atoms with Crippen LogP contribution in [0.25, 0.3) is 77.1 Å². The van der Waals surface area contributed by atoms with E-state index in [1.165, 1.54) is 39.0 Å². The number of nitrogens with zero attached hydrogens (tertiary/aromatic N) is 2. The maximum Gasteiger partial charge on any atom is 0.344 e. The standard InChI is InChI=1S/C62H50N2O2/c1-7-41(33-32-40(4)44-21-9-8-20-43(44)39(2)3)63(42-34-35-46-45-22-10-15-27-54(45)62(5,6)55(46)36-42)56-28-16-11-23-47(56)48-24-12-17-29-57(48)64-58-30-18-13-25-49(58)52-37-51-50-26-14-19-31-60(50)66-61(65)53(51)38-59(52)64/h7-39H,1H2,2-6H3/b40-32+,41-33+. The van der Waals surface area contributed by atoms with Gasteiger partial charge in [0.15, 0.2) is 0 Å². The summed E-state index contributed by atoms with van der Waals surface area (Å²) in [6, 6.07) is 62.2. The van der Waals surface area contributed by atoms with Gasteiger partial charge in [-0.05, 0) is 112 Å². The Labute approximate surface area is 385 Å². The molecule has 0 amide bonds. The zero-order valence-electron chi connectivity index (χ0n) is 38.0. The lowest BCUT2D eigenvalue weighted by molar-refractivity contribution is 0.570. The molecule has 0 saturated carbocycles. The van der Waals surface area contributed by atoms with Crippen molar-refractivity contribution in [2.75, 3.05) is 4.90 Å². The lowest BCUT2D eigenvalue weighted by atomic mass is 9.82. The highest BCUT2D eigenvalue weighted by atomic mass is 16.4. The molecule has 2 aromatic heterocycles. The van der Waals surface area contributed by atoms with E-state index < -0.39 is 0 Å². The Bertz CT molecular complexity index is 3720. The van der Waals surface area contributed by atoms with E-state index >= 15 is 0 Å². The van der Waals surface area contributed by atoms with Gasteiger partial charge in [-0.2, -0.15) is 0 Å². The summed E-state index contributed by atoms with van der Waals surface area (Å²) in [6.07, 6.45) is 6.42. The van der Waals surface area contributed by atoms with Crippen LogP contribution in [0.3, 0.4) is 0 Å². The molecule has 320 valence electrons. The van der Waals surface area contributed by atoms with Crippen LogP contribution in [-0.2, 0) is 5.41 Å². The molecular formula is C62H50N2O2. The van der Waals surface area contributed by atoms with Gasteiger partial charge in [0.1, 0.15) is 5.58 Å². The molecule has 1 aliphatic rings. The monoisotopic (exact) mass is 854 g/mol. The van der Waals surface area contributed by atoms with Crippen molar-refractivity contribution in [2.24, 2.45) is 0 Å². The second kappa shape index (κ2) is 15.9. The Morgan fingerprint density at radius 3 is 2.09 bits per heavy atom. The third-order valence-electron chi connectivity index (χ3n) is 13.8. The van der Waals surface area contributed by atoms with E-state index in [1.807, 2.05) is 36.4 Å². The van der Waals surface area contributed by atoms with E-state index in [0.717, 1.165) is 66.5 Å². The number of para-hydroxylation sites is 4. The first kappa shape index (κ1) is 40.8. The van der Waals surface area contributed by atoms with E-state index in [9.17, 15) is 4.79 Å². The summed E-state index contributed by atoms with van der Waals surface area (Å²) in [5.41, 5.74) is 17.0. The zero-order chi connectivity index (χ0) is 45.3. The average Bonchev–Trinajstić information content (AvgIpc) is 3.79. The number of allylic oxidation sites excluding steroid dienone is 4. The number of anilines is 2. The molecule has 8 aromatic carbocycles. The summed E-state index contributed by atoms with van der Waals surface area (Å²) in [4.78, 5) is 16.1. The Morgan fingerprint density at radius 1 is 0.606 bits per heavy atom. The number of benzene rings is 8. The van der Waals surface area contributed by atoms with Gasteiger partial charge in [-0.15, -0.1) is 0 Å². The van der Waals surface area contributed by atoms with Crippen molar-refractivity contribution >= 4 is 60.5 Å². The van der Waals surface area contributed by atoms with Crippen LogP contribution in [0.1, 0.15) is 62.8 Å². The van der Waals surface area contributed by atoms with Gasteiger partial charge >= 0.3 is 5.63 Å². The fraction of sp³-hybridized carbons (Fsp3) is 0.113. The van der Waals surface area contributed by atoms with Gasteiger partial charge in [-0.25, -0.2) is 4.79 Å². The van der Waals surface area contributed by atoms with E-state index in [1.54, 1.807) is 0 Å². The smallest absolute Gasteiger partial charge is 0.344 e. The quantitative estimate of drug-likeness (QED) is 0.0825. The molecule has 0 saturated heterocycles. The molecule has 0 spiro atoms. The molecule has 11 rings (SSSR count). The summed E-state index contributed by atoms with van der Waals surface area (Å²) < 4.78 is 8.21. The average molecular weight is 855 g/mol. The highest BCUT2D eigenvalue weighted by Crippen LogP contribution is 2.51. The predicted octanol–water partition coefficient (Wildman–Crippen LogP) is 16.5. The minimum Gasteiger partial charge on any atom is -0.422 e. The SMILES string of the molecule is C=C/C(=C\C=C(/C)c1ccccc1C(C)C)N(c1ccc2c(c1)C(C)(C)c1ccccc1-2)c1ccccc1-c1ccccc1-n1c2ccccc2c2cc3c(cc21)c(=O)oc1ccccc13. The molecule has 10 aromatic rings. The summed E-state index contributed by atoms with van der Waals surface area (Å²) in [5, 5.41) is 4.53. The molecule has 0 atom stereocenters. The van der Waals surface area contributed by atoms with Gasteiger partial charge in [0.25, 0.3) is 0 Å². The highest BCUT2D eigenvalue weighted by molar-refractivity contribution is 6.17. The highest BCUT2D eigenvalue weighted by Gasteiger charge is 2.36. The summed E-state index contributed by atoms with van der Waals surface area (Å²) in [5.74, 6) is 0.389. The summed E-state index contributed by atoms with van der Waals surface area (Å²) in [7, 11) is 0. The Hall–Kier alpha value is -7.95. The molecule has 2 heterocycles. The van der Waals surface area contributed by atoms with Gasteiger partial charge in [0, 0.05) is 49.5 Å². The van der Waals surface area contributed by atoms with Gasteiger partial charge in [0.05, 0.1) is 27.8 Å². The number of aromatic nitrogens is 1. The second-order valence-corrected chi connectivity index (χ2v) is 18.3. The molecule has 1 aliphatic carbocycles. The molecule has 66 heavy (non-hydrogen) atoms. The molecule has 0 N–H and O–H groups in total. The van der Waals surface area contributed by atoms with Crippen LogP contribution in [0.2, 0.25) is 0 Å². The first-order valence-corrected chi connectivity index (χ1v) is 22.9. The van der Waals surface area contributed by atoms with Crippen LogP contribution in [0, 0.1) is 0 Å². The molecule has 4 heteroatoms. The van der Waals surface area contributed by atoms with Crippen LogP contribution in [0.5, 0.6) is 0 Å². The van der Waals surface area contributed by atoms with Crippen LogP contribution >= 0.6 is 0 Å². The van der Waals surface area contributed by atoms with Crippen molar-refractivity contribution < 1.29 is 4.42 Å². The number of fused-ring (bicyclic) bond motifs is 9. The lowest BCUT2D eigenvalue weighted by Gasteiger charge is -2.31. The van der Waals surface area contributed by atoms with Crippen molar-refractivity contribution in [1.82, 2.24) is 4.57 Å². The second-order valence-electron chi connectivity index (χ2n) is 18.3. The number of hydrogen-bond donors (Lipinski definition) is 0. The number of rotatable bonds is 9. The third-order valence-corrected chi connectivity index (χ3v) is 13.8. The molecule has 0 bridgehead atoms. The molecular weight excluding hydrogens is 805 g/mol. The van der Waals surface area contributed by atoms with Crippen molar-refractivity contribution in [1.29, 1.82) is 0 Å². The Kier molecular flexibility index (Phi) is 9.85. The fourth-order valence-electron chi connectivity index (χ4n) is 10.5. The van der Waals surface area contributed by atoms with E-state index in [2.05, 4.69) is 208 Å². The summed E-state index contributed by atoms with van der Waals surface area (Å²) >= 11 is 0. The van der Waals surface area contributed by atoms with Crippen LogP contribution < -0.4 is 10.5 Å². The first-order valence-electron chi connectivity index (χ1n) is 22.9. The maximum absolute atomic E-state index is 13.7. The summed E-state index contributed by atoms with van der Waals surface area (Å²) in [6.45, 7) is 15.8. The Balaban J connectivity index is 1.15. The van der Waals surface area contributed by atoms with E-state index in [0.29, 0.717) is 16.9 Å². The zero-order valence-corrected chi connectivity index (χ0v) is 38.0. The van der Waals surface area contributed by atoms with Crippen molar-refractivity contribution in [3.8, 4) is 27.9 Å². The van der Waals surface area contributed by atoms with E-state index in [4.69, 9.17) is 4.42 Å². The molecule has 0 aliphatic heterocycles. The normalized spacial score (nSPS) is 13.5. The number of hydrogen-bond acceptors (Lipinski definition) is 3. The minimum atomic E-state index is -0.349. The van der Waals surface area contributed by atoms with Crippen LogP contribution in [-0.4, -0.2) is 4.57 Å². The van der Waals surface area contributed by atoms with Crippen LogP contribution in [0.4, 0.5) is 11.4 Å². The molecule has 0 fully saturated rings. The first-order chi connectivity index (χ1) is 32.1. The minimum absolute atomic E-state index is 0.195. The largest absolute Gasteiger partial charge is 0.422 e. The fourth-order valence-corrected chi connectivity index (χ4v) is 10.5. The lowest BCUT2D eigenvalue weighted by Crippen LogP contribution is -2.19. The van der Waals surface area contributed by atoms with Crippen molar-refractivity contribution in [2.45, 2.75) is 46.0 Å². The third kappa shape index (κ3) is 6.47. The van der Waals surface area contributed by atoms with Crippen molar-refractivity contribution in [3.05, 3.63) is 239 Å². The van der Waals surface area contributed by atoms with Gasteiger partial charge in [-0.1, -0.05) is 168 Å². The predicted molar refractivity (Wildman–Crippen MR) is 278 cm³/mol. The topological polar surface area (TPSA) is 38.4 Å². The van der Waals surface area contributed by atoms with E-state index in [-0.39, 0.29) is 11.0 Å². The van der Waals surface area contributed by atoms with Gasteiger partial charge < -0.3 is 13.9 Å². The maximum atomic E-state index is 13.7. The molecule has 0 unspecified atom stereocenters. The van der Waals surface area contributed by atoms with Gasteiger partial charge in [0.2, 0.25) is 0 Å². The Morgan fingerprint density at radius 2 is 1.27 bits per heavy atom. The molecule has 4 nitrogen and oxygen atoms in total. The van der Waals surface area contributed by atoms with Crippen molar-refractivity contribution in [3.63, 3.8) is 0 Å². The van der Waals surface area contributed by atoms with Gasteiger partial charge in [-0.3, -0.25) is 0 Å². The van der Waals surface area contributed by atoms with Crippen LogP contribution in [0.15, 0.2) is 216 Å².